The normalized spacial score (nSPS) is 17.6. The van der Waals surface area contributed by atoms with Gasteiger partial charge in [0.25, 0.3) is 24.3 Å². The van der Waals surface area contributed by atoms with Gasteiger partial charge in [0.15, 0.2) is 0 Å². The van der Waals surface area contributed by atoms with Crippen LogP contribution in [0.5, 0.6) is 0 Å². The molecule has 0 aliphatic heterocycles. The van der Waals surface area contributed by atoms with Crippen LogP contribution in [-0.2, 0) is 20.2 Å². The minimum Gasteiger partial charge on any atom is -0.399 e. The summed E-state index contributed by atoms with van der Waals surface area (Å²) in [5, 5.41) is 10.9. The quantitative estimate of drug-likeness (QED) is 0.283. The van der Waals surface area contributed by atoms with Crippen molar-refractivity contribution >= 4 is 32.0 Å². The van der Waals surface area contributed by atoms with Crippen LogP contribution in [0.25, 0.3) is 6.08 Å². The Kier molecular flexibility index (Phi) is 5.05. The zero-order chi connectivity index (χ0) is 19.8. The zero-order valence-electron chi connectivity index (χ0n) is 13.0. The van der Waals surface area contributed by atoms with Crippen LogP contribution < -0.4 is 5.73 Å². The van der Waals surface area contributed by atoms with Gasteiger partial charge in [0.05, 0.1) is 11.3 Å². The number of hydrogen-bond acceptors (Lipinski definition) is 7. The van der Waals surface area contributed by atoms with Gasteiger partial charge in [-0.1, -0.05) is 24.3 Å². The first-order valence-electron chi connectivity index (χ1n) is 6.92. The molecule has 140 valence electrons. The lowest BCUT2D eigenvalue weighted by Gasteiger charge is -2.29. The molecule has 0 saturated heterocycles. The second-order valence-corrected chi connectivity index (χ2v) is 8.97. The van der Waals surface area contributed by atoms with Crippen LogP contribution in [0.15, 0.2) is 53.8 Å². The van der Waals surface area contributed by atoms with Crippen LogP contribution in [0.1, 0.15) is 12.0 Å². The monoisotopic (exact) mass is 402 g/mol. The van der Waals surface area contributed by atoms with Gasteiger partial charge in [-0.3, -0.25) is 19.2 Å². The second-order valence-electron chi connectivity index (χ2n) is 5.42. The summed E-state index contributed by atoms with van der Waals surface area (Å²) in [7, 11) is -11.0. The standard InChI is InChI=1S/C14H14N2O8S2/c15-12-6-2-10(3-7-12)1-4-11-5-8-13(16(17)18)9-14(11,25(19,20)21)26(22,23)24/h1-8H,9,15H2,(H,19,20,21)(H,22,23,24). The van der Waals surface area contributed by atoms with E-state index in [1.165, 1.54) is 6.08 Å². The number of allylic oxidation sites excluding steroid dienone is 4. The number of benzene rings is 1. The van der Waals surface area contributed by atoms with Gasteiger partial charge in [-0.15, -0.1) is 0 Å². The molecule has 10 nitrogen and oxygen atoms in total. The van der Waals surface area contributed by atoms with Crippen LogP contribution in [0.2, 0.25) is 0 Å². The summed E-state index contributed by atoms with van der Waals surface area (Å²) in [6.45, 7) is 0. The molecule has 0 atom stereocenters. The first-order valence-corrected chi connectivity index (χ1v) is 9.80. The van der Waals surface area contributed by atoms with Crippen LogP contribution in [-0.4, -0.2) is 34.9 Å². The maximum Gasteiger partial charge on any atom is 0.292 e. The van der Waals surface area contributed by atoms with E-state index in [2.05, 4.69) is 0 Å². The second kappa shape index (κ2) is 6.64. The van der Waals surface area contributed by atoms with E-state index in [0.717, 1.165) is 18.2 Å². The lowest BCUT2D eigenvalue weighted by Crippen LogP contribution is -2.49. The molecule has 1 aromatic rings. The molecule has 2 rings (SSSR count). The first-order chi connectivity index (χ1) is 11.9. The highest BCUT2D eigenvalue weighted by Gasteiger charge is 2.60. The van der Waals surface area contributed by atoms with E-state index in [1.807, 2.05) is 0 Å². The third-order valence-corrected chi connectivity index (χ3v) is 7.46. The summed E-state index contributed by atoms with van der Waals surface area (Å²) >= 11 is 0. The van der Waals surface area contributed by atoms with Crippen LogP contribution in [0.3, 0.4) is 0 Å². The van der Waals surface area contributed by atoms with E-state index in [4.69, 9.17) is 5.73 Å². The fourth-order valence-electron chi connectivity index (χ4n) is 2.43. The van der Waals surface area contributed by atoms with Gasteiger partial charge in [0.2, 0.25) is 5.70 Å². The predicted molar refractivity (Wildman–Crippen MR) is 93.5 cm³/mol. The molecule has 0 heterocycles. The highest BCUT2D eigenvalue weighted by molar-refractivity contribution is 8.05. The lowest BCUT2D eigenvalue weighted by atomic mass is 10.00. The van der Waals surface area contributed by atoms with Crippen molar-refractivity contribution in [3.8, 4) is 0 Å². The highest BCUT2D eigenvalue weighted by atomic mass is 32.3. The average Bonchev–Trinajstić information content (AvgIpc) is 2.51. The molecule has 0 saturated carbocycles. The zero-order valence-corrected chi connectivity index (χ0v) is 14.6. The first kappa shape index (κ1) is 19.8. The Labute approximate surface area is 149 Å². The number of anilines is 1. The third kappa shape index (κ3) is 3.53. The Balaban J connectivity index is 2.68. The molecular weight excluding hydrogens is 388 g/mol. The smallest absolute Gasteiger partial charge is 0.292 e. The maximum atomic E-state index is 11.9. The van der Waals surface area contributed by atoms with Crippen molar-refractivity contribution in [1.29, 1.82) is 0 Å². The van der Waals surface area contributed by atoms with Crippen molar-refractivity contribution in [2.45, 2.75) is 10.5 Å². The SMILES string of the molecule is Nc1ccc(C=CC2=CC=C([N+](=O)[O-])CC2(S(=O)(=O)O)S(=O)(=O)O)cc1. The molecule has 0 aromatic heterocycles. The van der Waals surface area contributed by atoms with E-state index in [0.29, 0.717) is 11.3 Å². The van der Waals surface area contributed by atoms with Crippen molar-refractivity contribution in [1.82, 2.24) is 0 Å². The summed E-state index contributed by atoms with van der Waals surface area (Å²) in [6.07, 6.45) is 2.82. The van der Waals surface area contributed by atoms with E-state index < -0.39 is 46.9 Å². The summed E-state index contributed by atoms with van der Waals surface area (Å²) < 4.78 is 63.2. The number of nitro groups is 1. The van der Waals surface area contributed by atoms with Gasteiger partial charge >= 0.3 is 0 Å². The Hall–Kier alpha value is -2.54. The number of nitrogens with zero attached hydrogens (tertiary/aromatic N) is 1. The number of rotatable bonds is 5. The summed E-state index contributed by atoms with van der Waals surface area (Å²) in [5.41, 5.74) is 5.15. The van der Waals surface area contributed by atoms with Crippen LogP contribution in [0.4, 0.5) is 5.69 Å². The molecule has 0 amide bonds. The minimum absolute atomic E-state index is 0.461. The van der Waals surface area contributed by atoms with E-state index in [-0.39, 0.29) is 0 Å². The molecule has 0 bridgehead atoms. The molecule has 1 aliphatic rings. The Morgan fingerprint density at radius 1 is 1.04 bits per heavy atom. The summed E-state index contributed by atoms with van der Waals surface area (Å²) in [6, 6.07) is 6.18. The fourth-order valence-corrected chi connectivity index (χ4v) is 5.02. The van der Waals surface area contributed by atoms with Gasteiger partial charge in [-0.25, -0.2) is 0 Å². The van der Waals surface area contributed by atoms with Crippen molar-refractivity contribution in [2.24, 2.45) is 0 Å². The Bertz CT molecular complexity index is 1000. The van der Waals surface area contributed by atoms with Crippen molar-refractivity contribution in [3.63, 3.8) is 0 Å². The molecule has 0 fully saturated rings. The summed E-state index contributed by atoms with van der Waals surface area (Å²) in [5.74, 6) is 0. The van der Waals surface area contributed by atoms with Crippen molar-refractivity contribution in [3.05, 3.63) is 69.4 Å². The summed E-state index contributed by atoms with van der Waals surface area (Å²) in [4.78, 5) is 9.94. The van der Waals surface area contributed by atoms with E-state index in [9.17, 15) is 36.1 Å². The molecular formula is C14H14N2O8S2. The number of nitrogens with two attached hydrogens (primary N) is 1. The number of nitrogen functional groups attached to an aromatic ring is 1. The fraction of sp³-hybridized carbons (Fsp3) is 0.143. The molecule has 1 aromatic carbocycles. The topological polar surface area (TPSA) is 178 Å². The van der Waals surface area contributed by atoms with Gasteiger partial charge in [-0.05, 0) is 29.3 Å². The minimum atomic E-state index is -5.49. The molecule has 26 heavy (non-hydrogen) atoms. The van der Waals surface area contributed by atoms with E-state index >= 15 is 0 Å². The molecule has 0 unspecified atom stereocenters. The third-order valence-electron chi connectivity index (χ3n) is 3.77. The maximum absolute atomic E-state index is 11.9. The molecule has 1 aliphatic carbocycles. The van der Waals surface area contributed by atoms with Crippen molar-refractivity contribution < 1.29 is 30.9 Å². The molecule has 4 N–H and O–H groups in total. The molecule has 0 spiro atoms. The van der Waals surface area contributed by atoms with Gasteiger partial charge in [-0.2, -0.15) is 16.8 Å². The van der Waals surface area contributed by atoms with Gasteiger partial charge in [0, 0.05) is 11.8 Å². The largest absolute Gasteiger partial charge is 0.399 e. The Morgan fingerprint density at radius 2 is 1.58 bits per heavy atom. The molecule has 0 radical (unpaired) electrons. The predicted octanol–water partition coefficient (Wildman–Crippen LogP) is 1.24. The van der Waals surface area contributed by atoms with Crippen LogP contribution in [0, 0.1) is 10.1 Å². The van der Waals surface area contributed by atoms with E-state index in [1.54, 1.807) is 24.3 Å². The van der Waals surface area contributed by atoms with Crippen LogP contribution >= 0.6 is 0 Å². The van der Waals surface area contributed by atoms with Gasteiger partial charge in [0.1, 0.15) is 0 Å². The Morgan fingerprint density at radius 3 is 2.04 bits per heavy atom. The van der Waals surface area contributed by atoms with Crippen molar-refractivity contribution in [2.75, 3.05) is 5.73 Å². The highest BCUT2D eigenvalue weighted by Crippen LogP contribution is 2.41. The number of hydrogen-bond donors (Lipinski definition) is 3. The van der Waals surface area contributed by atoms with Gasteiger partial charge < -0.3 is 5.73 Å². The molecule has 12 heteroatoms. The lowest BCUT2D eigenvalue weighted by molar-refractivity contribution is -0.428. The average molecular weight is 402 g/mol.